The predicted molar refractivity (Wildman–Crippen MR) is 123 cm³/mol. The highest BCUT2D eigenvalue weighted by Crippen LogP contribution is 2.33. The molecule has 3 aliphatic rings. The van der Waals surface area contributed by atoms with Crippen LogP contribution in [0.1, 0.15) is 29.5 Å². The first-order chi connectivity index (χ1) is 16.5. The topological polar surface area (TPSA) is 100 Å². The van der Waals surface area contributed by atoms with Crippen LogP contribution in [0.5, 0.6) is 11.5 Å². The van der Waals surface area contributed by atoms with Gasteiger partial charge in [0.25, 0.3) is 0 Å². The van der Waals surface area contributed by atoms with Crippen LogP contribution in [0.2, 0.25) is 0 Å². The van der Waals surface area contributed by atoms with E-state index in [0.717, 1.165) is 23.1 Å². The van der Waals surface area contributed by atoms with Crippen molar-refractivity contribution in [1.82, 2.24) is 20.4 Å². The maximum atomic E-state index is 13.4. The molecule has 3 aliphatic heterocycles. The van der Waals surface area contributed by atoms with Gasteiger partial charge in [0, 0.05) is 6.54 Å². The van der Waals surface area contributed by atoms with Crippen LogP contribution in [-0.2, 0) is 22.7 Å². The number of urea groups is 1. The zero-order valence-electron chi connectivity index (χ0n) is 19.1. The SMILES string of the molecule is Cc1ccc(CNC(=O)CN2C(=O)N(Cc3ccc4c(c3)OCO4)C(=O)C3NCCCC32)cc1. The van der Waals surface area contributed by atoms with Gasteiger partial charge in [0.2, 0.25) is 18.6 Å². The monoisotopic (exact) mass is 464 g/mol. The molecule has 2 fully saturated rings. The Balaban J connectivity index is 1.30. The van der Waals surface area contributed by atoms with Crippen molar-refractivity contribution in [2.45, 2.75) is 44.9 Å². The number of imide groups is 1. The van der Waals surface area contributed by atoms with Crippen LogP contribution in [0.3, 0.4) is 0 Å². The number of piperidine rings is 1. The van der Waals surface area contributed by atoms with Gasteiger partial charge in [0.1, 0.15) is 12.6 Å². The van der Waals surface area contributed by atoms with E-state index < -0.39 is 12.1 Å². The van der Waals surface area contributed by atoms with E-state index in [-0.39, 0.29) is 37.7 Å². The third-order valence-electron chi connectivity index (χ3n) is 6.54. The normalized spacial score (nSPS) is 21.4. The van der Waals surface area contributed by atoms with Crippen LogP contribution in [0.25, 0.3) is 0 Å². The summed E-state index contributed by atoms with van der Waals surface area (Å²) in [7, 11) is 0. The number of nitrogens with zero attached hydrogens (tertiary/aromatic N) is 2. The maximum absolute atomic E-state index is 13.4. The number of amides is 4. The highest BCUT2D eigenvalue weighted by molar-refractivity contribution is 6.01. The molecule has 2 unspecified atom stereocenters. The Morgan fingerprint density at radius 1 is 1.09 bits per heavy atom. The number of hydrogen-bond acceptors (Lipinski definition) is 6. The molecular weight excluding hydrogens is 436 g/mol. The van der Waals surface area contributed by atoms with Crippen LogP contribution in [0.4, 0.5) is 4.79 Å². The first-order valence-electron chi connectivity index (χ1n) is 11.6. The van der Waals surface area contributed by atoms with Crippen molar-refractivity contribution >= 4 is 17.8 Å². The van der Waals surface area contributed by atoms with Gasteiger partial charge in [-0.15, -0.1) is 0 Å². The molecule has 34 heavy (non-hydrogen) atoms. The molecule has 5 rings (SSSR count). The summed E-state index contributed by atoms with van der Waals surface area (Å²) >= 11 is 0. The van der Waals surface area contributed by atoms with E-state index in [9.17, 15) is 14.4 Å². The van der Waals surface area contributed by atoms with Crippen LogP contribution in [0, 0.1) is 6.92 Å². The molecule has 9 nitrogen and oxygen atoms in total. The predicted octanol–water partition coefficient (Wildman–Crippen LogP) is 1.92. The van der Waals surface area contributed by atoms with Gasteiger partial charge in [-0.1, -0.05) is 35.9 Å². The zero-order valence-corrected chi connectivity index (χ0v) is 19.1. The Kier molecular flexibility index (Phi) is 6.10. The van der Waals surface area contributed by atoms with Crippen molar-refractivity contribution in [2.75, 3.05) is 19.9 Å². The molecule has 2 aromatic carbocycles. The molecule has 178 valence electrons. The lowest BCUT2D eigenvalue weighted by atomic mass is 9.93. The highest BCUT2D eigenvalue weighted by Gasteiger charge is 2.47. The molecule has 9 heteroatoms. The van der Waals surface area contributed by atoms with Gasteiger partial charge in [0.05, 0.1) is 12.6 Å². The van der Waals surface area contributed by atoms with E-state index in [1.54, 1.807) is 12.1 Å². The van der Waals surface area contributed by atoms with Gasteiger partial charge in [-0.2, -0.15) is 0 Å². The number of carbonyl (C=O) groups excluding carboxylic acids is 3. The van der Waals surface area contributed by atoms with E-state index in [0.29, 0.717) is 31.0 Å². The summed E-state index contributed by atoms with van der Waals surface area (Å²) < 4.78 is 10.8. The van der Waals surface area contributed by atoms with E-state index in [2.05, 4.69) is 10.6 Å². The van der Waals surface area contributed by atoms with Crippen molar-refractivity contribution < 1.29 is 23.9 Å². The minimum Gasteiger partial charge on any atom is -0.454 e. The number of hydrogen-bond donors (Lipinski definition) is 2. The van der Waals surface area contributed by atoms with Gasteiger partial charge >= 0.3 is 6.03 Å². The molecule has 4 amide bonds. The molecular formula is C25H28N4O5. The third-order valence-corrected chi connectivity index (χ3v) is 6.54. The van der Waals surface area contributed by atoms with Gasteiger partial charge in [0.15, 0.2) is 11.5 Å². The summed E-state index contributed by atoms with van der Waals surface area (Å²) in [5, 5.41) is 6.15. The fourth-order valence-corrected chi connectivity index (χ4v) is 4.69. The number of nitrogens with one attached hydrogen (secondary N) is 2. The molecule has 2 atom stereocenters. The Hall–Kier alpha value is -3.59. The second-order valence-corrected chi connectivity index (χ2v) is 8.93. The third kappa shape index (κ3) is 4.43. The quantitative estimate of drug-likeness (QED) is 0.678. The van der Waals surface area contributed by atoms with E-state index >= 15 is 0 Å². The van der Waals surface area contributed by atoms with Crippen molar-refractivity contribution in [3.8, 4) is 11.5 Å². The van der Waals surface area contributed by atoms with Crippen LogP contribution in [-0.4, -0.2) is 59.6 Å². The molecule has 0 aliphatic carbocycles. The minimum absolute atomic E-state index is 0.0979. The average Bonchev–Trinajstić information content (AvgIpc) is 3.32. The first-order valence-corrected chi connectivity index (χ1v) is 11.6. The highest BCUT2D eigenvalue weighted by atomic mass is 16.7. The fraction of sp³-hybridized carbons (Fsp3) is 0.400. The van der Waals surface area contributed by atoms with Crippen LogP contribution in [0.15, 0.2) is 42.5 Å². The summed E-state index contributed by atoms with van der Waals surface area (Å²) in [5.41, 5.74) is 2.89. The Morgan fingerprint density at radius 3 is 2.68 bits per heavy atom. The summed E-state index contributed by atoms with van der Waals surface area (Å²) in [5.74, 6) is 0.718. The zero-order chi connectivity index (χ0) is 23.7. The molecule has 0 radical (unpaired) electrons. The molecule has 2 saturated heterocycles. The number of carbonyl (C=O) groups is 3. The maximum Gasteiger partial charge on any atom is 0.327 e. The van der Waals surface area contributed by atoms with Crippen molar-refractivity contribution in [1.29, 1.82) is 0 Å². The summed E-state index contributed by atoms with van der Waals surface area (Å²) in [4.78, 5) is 42.2. The molecule has 0 aromatic heterocycles. The Morgan fingerprint density at radius 2 is 1.85 bits per heavy atom. The van der Waals surface area contributed by atoms with E-state index in [4.69, 9.17) is 9.47 Å². The largest absolute Gasteiger partial charge is 0.454 e. The number of benzene rings is 2. The minimum atomic E-state index is -0.523. The summed E-state index contributed by atoms with van der Waals surface area (Å²) in [6, 6.07) is 12.0. The standard InChI is InChI=1S/C25H28N4O5/c1-16-4-6-17(7-5-16)12-27-22(30)14-28-19-3-2-10-26-23(19)24(31)29(25(28)32)13-18-8-9-20-21(11-18)34-15-33-20/h4-9,11,19,23,26H,2-3,10,12-15H2,1H3,(H,27,30). The number of fused-ring (bicyclic) bond motifs is 2. The Bertz CT molecular complexity index is 1100. The van der Waals surface area contributed by atoms with Crippen molar-refractivity contribution in [3.05, 3.63) is 59.2 Å². The lowest BCUT2D eigenvalue weighted by Crippen LogP contribution is -2.70. The number of ether oxygens (including phenoxy) is 2. The summed E-state index contributed by atoms with van der Waals surface area (Å²) in [6.07, 6.45) is 1.52. The van der Waals surface area contributed by atoms with E-state index in [1.165, 1.54) is 9.80 Å². The second kappa shape index (κ2) is 9.34. The molecule has 2 aromatic rings. The lowest BCUT2D eigenvalue weighted by Gasteiger charge is -2.46. The Labute approximate surface area is 198 Å². The lowest BCUT2D eigenvalue weighted by molar-refractivity contribution is -0.139. The van der Waals surface area contributed by atoms with Crippen LogP contribution >= 0.6 is 0 Å². The molecule has 0 bridgehead atoms. The summed E-state index contributed by atoms with van der Waals surface area (Å²) in [6.45, 7) is 3.24. The van der Waals surface area contributed by atoms with Gasteiger partial charge in [-0.25, -0.2) is 4.79 Å². The number of rotatable bonds is 6. The van der Waals surface area contributed by atoms with E-state index in [1.807, 2.05) is 37.3 Å². The second-order valence-electron chi connectivity index (χ2n) is 8.93. The average molecular weight is 465 g/mol. The number of aryl methyl sites for hydroxylation is 1. The molecule has 2 N–H and O–H groups in total. The molecule has 0 saturated carbocycles. The van der Waals surface area contributed by atoms with Gasteiger partial charge in [-0.3, -0.25) is 14.5 Å². The van der Waals surface area contributed by atoms with Crippen molar-refractivity contribution in [3.63, 3.8) is 0 Å². The van der Waals surface area contributed by atoms with Crippen LogP contribution < -0.4 is 20.1 Å². The van der Waals surface area contributed by atoms with Crippen molar-refractivity contribution in [2.24, 2.45) is 0 Å². The molecule has 0 spiro atoms. The molecule has 3 heterocycles. The fourth-order valence-electron chi connectivity index (χ4n) is 4.69. The first kappa shape index (κ1) is 22.2. The van der Waals surface area contributed by atoms with Gasteiger partial charge in [-0.05, 0) is 49.6 Å². The van der Waals surface area contributed by atoms with Gasteiger partial charge < -0.3 is 25.0 Å². The smallest absolute Gasteiger partial charge is 0.327 e.